The van der Waals surface area contributed by atoms with Gasteiger partial charge in [0.15, 0.2) is 0 Å². The van der Waals surface area contributed by atoms with Crippen LogP contribution in [0.3, 0.4) is 0 Å². The number of likely N-dealkylation sites (N-methyl/N-ethyl adjacent to an activating group) is 1. The molecule has 7 heteroatoms. The molecule has 0 aromatic heterocycles. The van der Waals surface area contributed by atoms with Crippen molar-refractivity contribution < 1.29 is 19.1 Å². The molecule has 1 heterocycles. The van der Waals surface area contributed by atoms with Gasteiger partial charge in [-0.25, -0.2) is 4.79 Å². The smallest absolute Gasteiger partial charge is 0.319 e. The van der Waals surface area contributed by atoms with E-state index in [0.29, 0.717) is 32.0 Å². The molecule has 0 radical (unpaired) electrons. The Morgan fingerprint density at radius 1 is 1.23 bits per heavy atom. The summed E-state index contributed by atoms with van der Waals surface area (Å²) < 4.78 is 10.9. The Labute approximate surface area is 155 Å². The summed E-state index contributed by atoms with van der Waals surface area (Å²) in [6, 6.07) is 7.35. The highest BCUT2D eigenvalue weighted by molar-refractivity contribution is 5.80. The number of hydrogen-bond acceptors (Lipinski definition) is 4. The second-order valence-corrected chi connectivity index (χ2v) is 6.75. The van der Waals surface area contributed by atoms with Crippen LogP contribution in [0.1, 0.15) is 12.8 Å². The molecule has 1 aliphatic rings. The average molecular weight is 363 g/mol. The molecule has 0 bridgehead atoms. The number of likely N-dealkylation sites (tertiary alicyclic amines) is 1. The summed E-state index contributed by atoms with van der Waals surface area (Å²) in [5.41, 5.74) is 0. The maximum Gasteiger partial charge on any atom is 0.319 e. The third-order valence-corrected chi connectivity index (χ3v) is 4.54. The molecule has 7 nitrogen and oxygen atoms in total. The number of hydrogen-bond donors (Lipinski definition) is 0. The number of benzene rings is 1. The molecule has 0 spiro atoms. The van der Waals surface area contributed by atoms with E-state index < -0.39 is 0 Å². The second kappa shape index (κ2) is 9.31. The lowest BCUT2D eigenvalue weighted by atomic mass is 9.97. The first-order valence-corrected chi connectivity index (χ1v) is 8.90. The Morgan fingerprint density at radius 3 is 2.65 bits per heavy atom. The third kappa shape index (κ3) is 5.28. The summed E-state index contributed by atoms with van der Waals surface area (Å²) in [5.74, 6) is 1.37. The second-order valence-electron chi connectivity index (χ2n) is 6.75. The molecular weight excluding hydrogens is 334 g/mol. The molecule has 1 aromatic carbocycles. The number of piperidine rings is 1. The minimum atomic E-state index is -0.144. The molecule has 1 aromatic rings. The number of carbonyl (C=O) groups excluding carboxylic acids is 2. The van der Waals surface area contributed by atoms with Crippen molar-refractivity contribution in [2.45, 2.75) is 12.8 Å². The number of rotatable bonds is 6. The Bertz CT molecular complexity index is 621. The van der Waals surface area contributed by atoms with Gasteiger partial charge in [0.1, 0.15) is 18.1 Å². The lowest BCUT2D eigenvalue weighted by Crippen LogP contribution is -2.49. The fourth-order valence-electron chi connectivity index (χ4n) is 3.05. The van der Waals surface area contributed by atoms with Gasteiger partial charge in [0.25, 0.3) is 0 Å². The molecule has 26 heavy (non-hydrogen) atoms. The molecule has 0 unspecified atom stereocenters. The number of ether oxygens (including phenoxy) is 2. The van der Waals surface area contributed by atoms with Crippen molar-refractivity contribution in [1.82, 2.24) is 14.7 Å². The van der Waals surface area contributed by atoms with Crippen LogP contribution < -0.4 is 9.47 Å². The van der Waals surface area contributed by atoms with Crippen LogP contribution in [0.4, 0.5) is 4.79 Å². The van der Waals surface area contributed by atoms with E-state index in [0.717, 1.165) is 18.6 Å². The average Bonchev–Trinajstić information content (AvgIpc) is 2.66. The van der Waals surface area contributed by atoms with Gasteiger partial charge in [0, 0.05) is 40.3 Å². The van der Waals surface area contributed by atoms with Crippen molar-refractivity contribution in [1.29, 1.82) is 0 Å². The molecule has 1 aliphatic heterocycles. The van der Waals surface area contributed by atoms with Crippen LogP contribution in [0.15, 0.2) is 24.3 Å². The van der Waals surface area contributed by atoms with E-state index in [1.54, 1.807) is 43.0 Å². The predicted molar refractivity (Wildman–Crippen MR) is 99.5 cm³/mol. The van der Waals surface area contributed by atoms with E-state index in [2.05, 4.69) is 0 Å². The van der Waals surface area contributed by atoms with Crippen molar-refractivity contribution in [3.05, 3.63) is 24.3 Å². The summed E-state index contributed by atoms with van der Waals surface area (Å²) in [4.78, 5) is 29.8. The molecule has 0 aliphatic carbocycles. The standard InChI is InChI=1S/C19H29N3O4/c1-20(2)19(24)22-10-6-7-15(14-22)18(23)21(3)11-12-26-17-9-5-8-16(13-17)25-4/h5,8-9,13,15H,6-7,10-12,14H2,1-4H3/t15-/m1/s1. The van der Waals surface area contributed by atoms with Crippen molar-refractivity contribution in [3.63, 3.8) is 0 Å². The largest absolute Gasteiger partial charge is 0.497 e. The SMILES string of the molecule is COc1cccc(OCCN(C)C(=O)[C@@H]2CCCN(C(=O)N(C)C)C2)c1. The summed E-state index contributed by atoms with van der Waals surface area (Å²) >= 11 is 0. The van der Waals surface area contributed by atoms with Crippen LogP contribution in [0.25, 0.3) is 0 Å². The third-order valence-electron chi connectivity index (χ3n) is 4.54. The predicted octanol–water partition coefficient (Wildman–Crippen LogP) is 1.93. The monoisotopic (exact) mass is 363 g/mol. The number of methoxy groups -OCH3 is 1. The molecule has 2 rings (SSSR count). The summed E-state index contributed by atoms with van der Waals surface area (Å²) in [6.45, 7) is 2.09. The van der Waals surface area contributed by atoms with Crippen LogP contribution in [0.5, 0.6) is 11.5 Å². The van der Waals surface area contributed by atoms with Crippen molar-refractivity contribution >= 4 is 11.9 Å². The summed E-state index contributed by atoms with van der Waals surface area (Å²) in [7, 11) is 6.86. The highest BCUT2D eigenvalue weighted by atomic mass is 16.5. The van der Waals surface area contributed by atoms with Gasteiger partial charge in [-0.1, -0.05) is 6.07 Å². The van der Waals surface area contributed by atoms with Gasteiger partial charge in [-0.3, -0.25) is 4.79 Å². The van der Waals surface area contributed by atoms with Crippen LogP contribution in [-0.4, -0.2) is 81.1 Å². The maximum atomic E-state index is 12.7. The first kappa shape index (κ1) is 19.9. The van der Waals surface area contributed by atoms with E-state index in [1.165, 1.54) is 0 Å². The molecule has 0 saturated carbocycles. The minimum absolute atomic E-state index is 0.0356. The normalized spacial score (nSPS) is 16.8. The molecule has 0 N–H and O–H groups in total. The van der Waals surface area contributed by atoms with Gasteiger partial charge in [0.2, 0.25) is 5.91 Å². The number of urea groups is 1. The summed E-state index contributed by atoms with van der Waals surface area (Å²) in [5, 5.41) is 0. The van der Waals surface area contributed by atoms with Crippen molar-refractivity contribution in [2.75, 3.05) is 54.5 Å². The highest BCUT2D eigenvalue weighted by Crippen LogP contribution is 2.20. The van der Waals surface area contributed by atoms with E-state index in [1.807, 2.05) is 24.3 Å². The minimum Gasteiger partial charge on any atom is -0.497 e. The van der Waals surface area contributed by atoms with E-state index in [-0.39, 0.29) is 17.9 Å². The van der Waals surface area contributed by atoms with Gasteiger partial charge >= 0.3 is 6.03 Å². The Hall–Kier alpha value is -2.44. The Kier molecular flexibility index (Phi) is 7.12. The van der Waals surface area contributed by atoms with Crippen molar-refractivity contribution in [3.8, 4) is 11.5 Å². The number of carbonyl (C=O) groups is 2. The first-order valence-electron chi connectivity index (χ1n) is 8.90. The van der Waals surface area contributed by atoms with E-state index in [9.17, 15) is 9.59 Å². The quantitative estimate of drug-likeness (QED) is 0.775. The molecular formula is C19H29N3O4. The zero-order valence-electron chi connectivity index (χ0n) is 16.1. The summed E-state index contributed by atoms with van der Waals surface area (Å²) in [6.07, 6.45) is 1.67. The molecule has 1 atom stereocenters. The number of amides is 3. The van der Waals surface area contributed by atoms with Crippen LogP contribution in [0.2, 0.25) is 0 Å². The molecule has 144 valence electrons. The van der Waals surface area contributed by atoms with Gasteiger partial charge in [-0.15, -0.1) is 0 Å². The Balaban J connectivity index is 1.81. The molecule has 1 saturated heterocycles. The fourth-order valence-corrected chi connectivity index (χ4v) is 3.05. The van der Waals surface area contributed by atoms with Crippen molar-refractivity contribution in [2.24, 2.45) is 5.92 Å². The number of nitrogens with zero attached hydrogens (tertiary/aromatic N) is 3. The molecule has 3 amide bonds. The van der Waals surface area contributed by atoms with Gasteiger partial charge in [0.05, 0.1) is 19.6 Å². The zero-order valence-corrected chi connectivity index (χ0v) is 16.1. The fraction of sp³-hybridized carbons (Fsp3) is 0.579. The highest BCUT2D eigenvalue weighted by Gasteiger charge is 2.30. The lowest BCUT2D eigenvalue weighted by Gasteiger charge is -2.35. The van der Waals surface area contributed by atoms with Crippen LogP contribution in [0, 0.1) is 5.92 Å². The topological polar surface area (TPSA) is 62.3 Å². The Morgan fingerprint density at radius 2 is 1.96 bits per heavy atom. The molecule has 1 fully saturated rings. The lowest BCUT2D eigenvalue weighted by molar-refractivity contribution is -0.135. The van der Waals surface area contributed by atoms with Gasteiger partial charge in [-0.2, -0.15) is 0 Å². The van der Waals surface area contributed by atoms with Gasteiger partial charge in [-0.05, 0) is 25.0 Å². The van der Waals surface area contributed by atoms with E-state index >= 15 is 0 Å². The first-order chi connectivity index (χ1) is 12.4. The van der Waals surface area contributed by atoms with Crippen LogP contribution >= 0.6 is 0 Å². The zero-order chi connectivity index (χ0) is 19.1. The van der Waals surface area contributed by atoms with E-state index in [4.69, 9.17) is 9.47 Å². The maximum absolute atomic E-state index is 12.7. The van der Waals surface area contributed by atoms with Gasteiger partial charge < -0.3 is 24.2 Å². The van der Waals surface area contributed by atoms with Crippen LogP contribution in [-0.2, 0) is 4.79 Å².